The fourth-order valence-electron chi connectivity index (χ4n) is 2.58. The summed E-state index contributed by atoms with van der Waals surface area (Å²) in [5.41, 5.74) is 2.81. The second-order valence-corrected chi connectivity index (χ2v) is 8.60. The van der Waals surface area contributed by atoms with Gasteiger partial charge in [-0.1, -0.05) is 23.5 Å². The number of hydrogen-bond acceptors (Lipinski definition) is 5. The first-order chi connectivity index (χ1) is 12.9. The van der Waals surface area contributed by atoms with Gasteiger partial charge in [0.05, 0.1) is 10.6 Å². The summed E-state index contributed by atoms with van der Waals surface area (Å²) in [6.07, 6.45) is 1.71. The zero-order valence-corrected chi connectivity index (χ0v) is 15.8. The van der Waals surface area contributed by atoms with Crippen molar-refractivity contribution in [1.82, 2.24) is 9.97 Å². The maximum Gasteiger partial charge on any atom is 0.261 e. The number of benzene rings is 2. The van der Waals surface area contributed by atoms with Gasteiger partial charge < -0.3 is 0 Å². The van der Waals surface area contributed by atoms with E-state index in [0.29, 0.717) is 5.69 Å². The molecule has 5 nitrogen and oxygen atoms in total. The molecular weight excluding hydrogens is 385 g/mol. The average Bonchev–Trinajstić information content (AvgIpc) is 3.08. The highest BCUT2D eigenvalue weighted by Crippen LogP contribution is 2.32. The third kappa shape index (κ3) is 3.54. The monoisotopic (exact) mass is 399 g/mol. The molecule has 0 bridgehead atoms. The SMILES string of the molecule is Cc1ccc(-c2nc3cccnc3s2)cc1NS(=O)(=O)c1ccc(F)cc1. The van der Waals surface area contributed by atoms with Gasteiger partial charge in [0.2, 0.25) is 0 Å². The fourth-order valence-corrected chi connectivity index (χ4v) is 4.60. The first-order valence-electron chi connectivity index (χ1n) is 8.03. The molecule has 2 aromatic carbocycles. The lowest BCUT2D eigenvalue weighted by Crippen LogP contribution is -2.13. The molecule has 0 spiro atoms. The Hall–Kier alpha value is -2.84. The molecule has 0 atom stereocenters. The smallest absolute Gasteiger partial charge is 0.261 e. The van der Waals surface area contributed by atoms with Gasteiger partial charge in [-0.3, -0.25) is 4.72 Å². The molecule has 8 heteroatoms. The Labute approximate surface area is 159 Å². The number of nitrogens with zero attached hydrogens (tertiary/aromatic N) is 2. The number of rotatable bonds is 4. The lowest BCUT2D eigenvalue weighted by atomic mass is 10.1. The number of fused-ring (bicyclic) bond motifs is 1. The number of thiazole rings is 1. The highest BCUT2D eigenvalue weighted by Gasteiger charge is 2.16. The predicted molar refractivity (Wildman–Crippen MR) is 105 cm³/mol. The summed E-state index contributed by atoms with van der Waals surface area (Å²) >= 11 is 1.44. The molecule has 0 unspecified atom stereocenters. The van der Waals surface area contributed by atoms with Gasteiger partial charge in [-0.2, -0.15) is 0 Å². The van der Waals surface area contributed by atoms with Crippen molar-refractivity contribution in [2.24, 2.45) is 0 Å². The van der Waals surface area contributed by atoms with Gasteiger partial charge in [0.1, 0.15) is 21.2 Å². The number of pyridine rings is 1. The van der Waals surface area contributed by atoms with Crippen molar-refractivity contribution in [3.05, 3.63) is 72.2 Å². The molecular formula is C19H14FN3O2S2. The van der Waals surface area contributed by atoms with Crippen LogP contribution in [0.2, 0.25) is 0 Å². The van der Waals surface area contributed by atoms with Crippen LogP contribution in [0.1, 0.15) is 5.56 Å². The maximum atomic E-state index is 13.1. The molecule has 4 aromatic rings. The molecule has 2 aromatic heterocycles. The molecule has 0 fully saturated rings. The molecule has 1 N–H and O–H groups in total. The minimum Gasteiger partial charge on any atom is -0.279 e. The summed E-state index contributed by atoms with van der Waals surface area (Å²) < 4.78 is 40.8. The minimum atomic E-state index is -3.82. The molecule has 0 amide bonds. The van der Waals surface area contributed by atoms with Gasteiger partial charge >= 0.3 is 0 Å². The van der Waals surface area contributed by atoms with E-state index in [1.807, 2.05) is 31.2 Å². The molecule has 0 saturated heterocycles. The van der Waals surface area contributed by atoms with Gasteiger partial charge in [0.15, 0.2) is 0 Å². The van der Waals surface area contributed by atoms with Crippen molar-refractivity contribution in [2.45, 2.75) is 11.8 Å². The van der Waals surface area contributed by atoms with Crippen molar-refractivity contribution >= 4 is 37.4 Å². The first-order valence-corrected chi connectivity index (χ1v) is 10.3. The standard InChI is InChI=1S/C19H14FN3O2S2/c1-12-4-5-13(18-22-16-3-2-10-21-19(16)26-18)11-17(12)23-27(24,25)15-8-6-14(20)7-9-15/h2-11,23H,1H3. The number of sulfonamides is 1. The Balaban J connectivity index is 1.71. The molecule has 136 valence electrons. The highest BCUT2D eigenvalue weighted by molar-refractivity contribution is 7.92. The van der Waals surface area contributed by atoms with E-state index in [0.717, 1.165) is 38.6 Å². The summed E-state index contributed by atoms with van der Waals surface area (Å²) in [5, 5.41) is 0.755. The van der Waals surface area contributed by atoms with Gasteiger partial charge in [-0.25, -0.2) is 22.8 Å². The summed E-state index contributed by atoms with van der Waals surface area (Å²) in [6.45, 7) is 1.81. The minimum absolute atomic E-state index is 0.00195. The van der Waals surface area contributed by atoms with Crippen LogP contribution >= 0.6 is 11.3 Å². The van der Waals surface area contributed by atoms with E-state index < -0.39 is 15.8 Å². The van der Waals surface area contributed by atoms with Crippen LogP contribution in [0.5, 0.6) is 0 Å². The van der Waals surface area contributed by atoms with E-state index in [1.54, 1.807) is 12.3 Å². The zero-order valence-electron chi connectivity index (χ0n) is 14.2. The number of halogens is 1. The van der Waals surface area contributed by atoms with Gasteiger partial charge in [-0.15, -0.1) is 0 Å². The molecule has 2 heterocycles. The van der Waals surface area contributed by atoms with Crippen LogP contribution in [0, 0.1) is 12.7 Å². The Morgan fingerprint density at radius 3 is 2.59 bits per heavy atom. The second-order valence-electron chi connectivity index (χ2n) is 5.94. The van der Waals surface area contributed by atoms with E-state index in [1.165, 1.54) is 23.5 Å². The molecule has 0 radical (unpaired) electrons. The summed E-state index contributed by atoms with van der Waals surface area (Å²) in [5.74, 6) is -0.489. The van der Waals surface area contributed by atoms with Crippen molar-refractivity contribution in [3.8, 4) is 10.6 Å². The van der Waals surface area contributed by atoms with Crippen LogP contribution in [-0.4, -0.2) is 18.4 Å². The fraction of sp³-hybridized carbons (Fsp3) is 0.0526. The van der Waals surface area contributed by atoms with Crippen LogP contribution < -0.4 is 4.72 Å². The van der Waals surface area contributed by atoms with E-state index in [-0.39, 0.29) is 4.90 Å². The summed E-state index contributed by atoms with van der Waals surface area (Å²) in [7, 11) is -3.82. The van der Waals surface area contributed by atoms with Crippen LogP contribution in [0.25, 0.3) is 20.9 Å². The van der Waals surface area contributed by atoms with Gasteiger partial charge in [0, 0.05) is 11.8 Å². The predicted octanol–water partition coefficient (Wildman–Crippen LogP) is 4.61. The Morgan fingerprint density at radius 1 is 1.07 bits per heavy atom. The Bertz CT molecular complexity index is 1200. The molecule has 0 aliphatic carbocycles. The molecule has 0 aliphatic heterocycles. The third-order valence-electron chi connectivity index (χ3n) is 4.02. The number of aryl methyl sites for hydroxylation is 1. The Kier molecular flexibility index (Phi) is 4.37. The van der Waals surface area contributed by atoms with Crippen LogP contribution in [-0.2, 0) is 10.0 Å². The summed E-state index contributed by atoms with van der Waals surface area (Å²) in [4.78, 5) is 9.66. The van der Waals surface area contributed by atoms with Crippen molar-refractivity contribution in [3.63, 3.8) is 0 Å². The topological polar surface area (TPSA) is 72.0 Å². The van der Waals surface area contributed by atoms with Crippen LogP contribution in [0.4, 0.5) is 10.1 Å². The number of nitrogens with one attached hydrogen (secondary N) is 1. The quantitative estimate of drug-likeness (QED) is 0.544. The zero-order chi connectivity index (χ0) is 19.0. The van der Waals surface area contributed by atoms with Gasteiger partial charge in [0.25, 0.3) is 10.0 Å². The molecule has 4 rings (SSSR count). The number of hydrogen-bond donors (Lipinski definition) is 1. The van der Waals surface area contributed by atoms with E-state index >= 15 is 0 Å². The average molecular weight is 399 g/mol. The molecule has 0 saturated carbocycles. The lowest BCUT2D eigenvalue weighted by Gasteiger charge is -2.12. The second kappa shape index (κ2) is 6.71. The number of aromatic nitrogens is 2. The van der Waals surface area contributed by atoms with Crippen molar-refractivity contribution in [1.29, 1.82) is 0 Å². The van der Waals surface area contributed by atoms with Crippen molar-refractivity contribution < 1.29 is 12.8 Å². The van der Waals surface area contributed by atoms with E-state index in [2.05, 4.69) is 14.7 Å². The maximum absolute atomic E-state index is 13.1. The summed E-state index contributed by atoms with van der Waals surface area (Å²) in [6, 6.07) is 13.9. The largest absolute Gasteiger partial charge is 0.279 e. The molecule has 27 heavy (non-hydrogen) atoms. The van der Waals surface area contributed by atoms with Crippen LogP contribution in [0.15, 0.2) is 65.7 Å². The van der Waals surface area contributed by atoms with E-state index in [4.69, 9.17) is 0 Å². The third-order valence-corrected chi connectivity index (χ3v) is 6.43. The van der Waals surface area contributed by atoms with Gasteiger partial charge in [-0.05, 0) is 55.0 Å². The number of anilines is 1. The van der Waals surface area contributed by atoms with Crippen LogP contribution in [0.3, 0.4) is 0 Å². The Morgan fingerprint density at radius 2 is 1.85 bits per heavy atom. The molecule has 0 aliphatic rings. The van der Waals surface area contributed by atoms with E-state index in [9.17, 15) is 12.8 Å². The normalized spacial score (nSPS) is 11.6. The van der Waals surface area contributed by atoms with Crippen molar-refractivity contribution in [2.75, 3.05) is 4.72 Å². The lowest BCUT2D eigenvalue weighted by molar-refractivity contribution is 0.599. The highest BCUT2D eigenvalue weighted by atomic mass is 32.2. The first kappa shape index (κ1) is 17.6.